The molecule has 0 unspecified atom stereocenters. The average molecular weight is 518 g/mol. The number of urea groups is 1. The van der Waals surface area contributed by atoms with Crippen molar-refractivity contribution >= 4 is 17.5 Å². The van der Waals surface area contributed by atoms with Crippen LogP contribution in [0.1, 0.15) is 21.3 Å². The molecule has 1 atom stereocenters. The number of H-pyrrole nitrogens is 1. The molecule has 0 aliphatic carbocycles. The predicted octanol–water partition coefficient (Wildman–Crippen LogP) is 3.42. The lowest BCUT2D eigenvalue weighted by Crippen LogP contribution is -2.42. The Bertz CT molecular complexity index is 1360. The van der Waals surface area contributed by atoms with Crippen molar-refractivity contribution in [3.63, 3.8) is 0 Å². The number of fused-ring (bicyclic) bond motifs is 1. The number of morpholine rings is 1. The molecular weight excluding hydrogens is 482 g/mol. The number of aromatic nitrogens is 6. The van der Waals surface area contributed by atoms with Crippen LogP contribution in [0.5, 0.6) is 0 Å². The molecule has 0 spiro atoms. The second-order valence-electron chi connectivity index (χ2n) is 9.89. The summed E-state index contributed by atoms with van der Waals surface area (Å²) in [5.41, 5.74) is 3.56. The number of nitrogens with zero attached hydrogens (tertiary/aromatic N) is 8. The Hall–Kier alpha value is -3.83. The van der Waals surface area contributed by atoms with Crippen molar-refractivity contribution < 1.29 is 9.53 Å². The Labute approximate surface area is 222 Å². The maximum atomic E-state index is 13.6. The van der Waals surface area contributed by atoms with Crippen molar-refractivity contribution in [3.05, 3.63) is 49.1 Å². The molecule has 11 heteroatoms. The van der Waals surface area contributed by atoms with E-state index in [0.29, 0.717) is 30.5 Å². The van der Waals surface area contributed by atoms with Crippen LogP contribution < -0.4 is 4.90 Å². The van der Waals surface area contributed by atoms with Gasteiger partial charge in [-0.15, -0.1) is 0 Å². The zero-order valence-corrected chi connectivity index (χ0v) is 21.1. The van der Waals surface area contributed by atoms with Crippen LogP contribution in [0.3, 0.4) is 0 Å². The first-order chi connectivity index (χ1) is 18.1. The Balaban J connectivity index is 0.00000294. The molecule has 0 radical (unpaired) electrons. The van der Waals surface area contributed by atoms with Gasteiger partial charge in [0, 0.05) is 50.0 Å². The summed E-state index contributed by atoms with van der Waals surface area (Å²) in [6, 6.07) is 9.99. The number of carbonyl (C=O) groups is 1. The second-order valence-corrected chi connectivity index (χ2v) is 9.89. The molecule has 2 fully saturated rings. The van der Waals surface area contributed by atoms with Crippen molar-refractivity contribution in [3.8, 4) is 22.5 Å². The van der Waals surface area contributed by atoms with Gasteiger partial charge in [0.25, 0.3) is 0 Å². The molecule has 0 bridgehead atoms. The van der Waals surface area contributed by atoms with Crippen LogP contribution >= 0.6 is 0 Å². The van der Waals surface area contributed by atoms with Gasteiger partial charge in [-0.2, -0.15) is 10.2 Å². The van der Waals surface area contributed by atoms with E-state index in [1.807, 2.05) is 52.5 Å². The molecule has 200 valence electrons. The monoisotopic (exact) mass is 517 g/mol. The molecular formula is C27H35N9O2. The first-order valence-corrected chi connectivity index (χ1v) is 12.8. The fourth-order valence-corrected chi connectivity index (χ4v) is 5.08. The van der Waals surface area contributed by atoms with E-state index in [1.54, 1.807) is 4.52 Å². The highest BCUT2D eigenvalue weighted by Gasteiger charge is 2.40. The van der Waals surface area contributed by atoms with Gasteiger partial charge in [0.15, 0.2) is 11.5 Å². The molecule has 1 N–H and O–H groups in total. The van der Waals surface area contributed by atoms with E-state index in [0.717, 1.165) is 55.4 Å². The number of benzene rings is 1. The van der Waals surface area contributed by atoms with Gasteiger partial charge in [0.1, 0.15) is 12.1 Å². The van der Waals surface area contributed by atoms with Gasteiger partial charge in [-0.25, -0.2) is 19.3 Å². The van der Waals surface area contributed by atoms with Crippen LogP contribution in [0.4, 0.5) is 10.6 Å². The zero-order valence-electron chi connectivity index (χ0n) is 21.1. The van der Waals surface area contributed by atoms with Crippen molar-refractivity contribution in [2.45, 2.75) is 27.3 Å². The Morgan fingerprint density at radius 1 is 1.08 bits per heavy atom. The molecule has 2 amide bonds. The number of ether oxygens (including phenoxy) is 1. The van der Waals surface area contributed by atoms with Crippen LogP contribution in [0, 0.1) is 5.92 Å². The smallest absolute Gasteiger partial charge is 0.326 e. The van der Waals surface area contributed by atoms with E-state index < -0.39 is 0 Å². The third-order valence-corrected chi connectivity index (χ3v) is 7.26. The van der Waals surface area contributed by atoms with Crippen LogP contribution in [-0.4, -0.2) is 97.6 Å². The summed E-state index contributed by atoms with van der Waals surface area (Å²) >= 11 is 0. The summed E-state index contributed by atoms with van der Waals surface area (Å²) in [6.07, 6.45) is 5.19. The first kappa shape index (κ1) is 25.8. The van der Waals surface area contributed by atoms with E-state index >= 15 is 0 Å². The molecule has 2 aliphatic heterocycles. The Morgan fingerprint density at radius 3 is 2.55 bits per heavy atom. The molecule has 3 aromatic heterocycles. The minimum atomic E-state index is 0. The van der Waals surface area contributed by atoms with Crippen LogP contribution in [0.15, 0.2) is 49.1 Å². The highest BCUT2D eigenvalue weighted by molar-refractivity contribution is 5.94. The molecule has 2 saturated heterocycles. The molecule has 0 saturated carbocycles. The fraction of sp³-hybridized carbons (Fsp3) is 0.444. The number of nitrogens with one attached hydrogen (secondary N) is 1. The van der Waals surface area contributed by atoms with Crippen LogP contribution in [-0.2, 0) is 4.74 Å². The number of carbonyl (C=O) groups excluding carboxylic acids is 1. The Morgan fingerprint density at radius 2 is 1.84 bits per heavy atom. The molecule has 5 heterocycles. The third kappa shape index (κ3) is 4.86. The Kier molecular flexibility index (Phi) is 7.39. The number of anilines is 1. The molecule has 2 aliphatic rings. The SMILES string of the molecule is C.CC(C)[C@H]1CN(CCN2CCOCC2)C(=O)N1c1ccn2ncc(-c3ccc(-c4ncn[nH]4)cc3)c2n1. The largest absolute Gasteiger partial charge is 0.379 e. The molecule has 38 heavy (non-hydrogen) atoms. The van der Waals surface area contributed by atoms with E-state index in [1.165, 1.54) is 6.33 Å². The molecule has 4 aromatic rings. The van der Waals surface area contributed by atoms with Gasteiger partial charge in [-0.05, 0) is 17.5 Å². The summed E-state index contributed by atoms with van der Waals surface area (Å²) in [4.78, 5) is 29.0. The summed E-state index contributed by atoms with van der Waals surface area (Å²) in [6.45, 7) is 9.94. The van der Waals surface area contributed by atoms with E-state index in [-0.39, 0.29) is 19.5 Å². The number of hydrogen-bond donors (Lipinski definition) is 1. The van der Waals surface area contributed by atoms with Gasteiger partial charge in [-0.1, -0.05) is 45.5 Å². The van der Waals surface area contributed by atoms with Gasteiger partial charge in [0.2, 0.25) is 0 Å². The third-order valence-electron chi connectivity index (χ3n) is 7.26. The minimum absolute atomic E-state index is 0. The van der Waals surface area contributed by atoms with Gasteiger partial charge in [-0.3, -0.25) is 14.9 Å². The summed E-state index contributed by atoms with van der Waals surface area (Å²) in [5, 5.41) is 11.3. The summed E-state index contributed by atoms with van der Waals surface area (Å²) in [5.74, 6) is 1.67. The standard InChI is InChI=1S/C26H31N9O2.CH4/c1-18(2)22-16-33(10-9-32-11-13-37-14-12-32)26(36)35(22)23-7-8-34-25(30-23)21(15-29-34)19-3-5-20(6-4-19)24-27-17-28-31-24;/h3-8,15,17-18,22H,9-14,16H2,1-2H3,(H,27,28,31);1H4/t22-;/m1./s1. The van der Waals surface area contributed by atoms with Gasteiger partial charge >= 0.3 is 6.03 Å². The average Bonchev–Trinajstić information content (AvgIpc) is 3.67. The highest BCUT2D eigenvalue weighted by atomic mass is 16.5. The number of hydrogen-bond acceptors (Lipinski definition) is 7. The molecule has 11 nitrogen and oxygen atoms in total. The van der Waals surface area contributed by atoms with E-state index in [2.05, 4.69) is 39.0 Å². The van der Waals surface area contributed by atoms with E-state index in [9.17, 15) is 4.79 Å². The predicted molar refractivity (Wildman–Crippen MR) is 146 cm³/mol. The van der Waals surface area contributed by atoms with Crippen LogP contribution in [0.2, 0.25) is 0 Å². The van der Waals surface area contributed by atoms with E-state index in [4.69, 9.17) is 9.72 Å². The maximum Gasteiger partial charge on any atom is 0.326 e. The normalized spacial score (nSPS) is 18.5. The molecule has 6 rings (SSSR count). The summed E-state index contributed by atoms with van der Waals surface area (Å²) in [7, 11) is 0. The second kappa shape index (κ2) is 10.9. The van der Waals surface area contributed by atoms with Crippen molar-refractivity contribution in [2.75, 3.05) is 50.8 Å². The van der Waals surface area contributed by atoms with Crippen molar-refractivity contribution in [1.29, 1.82) is 0 Å². The number of rotatable bonds is 7. The highest BCUT2D eigenvalue weighted by Crippen LogP contribution is 2.31. The minimum Gasteiger partial charge on any atom is -0.379 e. The zero-order chi connectivity index (χ0) is 25.4. The topological polar surface area (TPSA) is 108 Å². The lowest BCUT2D eigenvalue weighted by molar-refractivity contribution is 0.0355. The fourth-order valence-electron chi connectivity index (χ4n) is 5.08. The first-order valence-electron chi connectivity index (χ1n) is 12.8. The molecule has 1 aromatic carbocycles. The lowest BCUT2D eigenvalue weighted by Gasteiger charge is -2.28. The number of aromatic amines is 1. The van der Waals surface area contributed by atoms with Gasteiger partial charge in [0.05, 0.1) is 25.5 Å². The summed E-state index contributed by atoms with van der Waals surface area (Å²) < 4.78 is 7.21. The van der Waals surface area contributed by atoms with Crippen LogP contribution in [0.25, 0.3) is 28.2 Å². The van der Waals surface area contributed by atoms with Gasteiger partial charge < -0.3 is 9.64 Å². The number of amides is 2. The van der Waals surface area contributed by atoms with Crippen molar-refractivity contribution in [2.24, 2.45) is 5.92 Å². The van der Waals surface area contributed by atoms with Crippen molar-refractivity contribution in [1.82, 2.24) is 39.6 Å². The lowest BCUT2D eigenvalue weighted by atomic mass is 10.0. The maximum absolute atomic E-state index is 13.6. The quantitative estimate of drug-likeness (QED) is 0.400.